The van der Waals surface area contributed by atoms with E-state index in [1.165, 1.54) is 25.1 Å². The number of aliphatic hydroxyl groups excluding tert-OH is 3. The average Bonchev–Trinajstić information content (AvgIpc) is 2.78. The Morgan fingerprint density at radius 3 is 2.29 bits per heavy atom. The molecule has 0 radical (unpaired) electrons. The third-order valence-electron chi connectivity index (χ3n) is 4.78. The van der Waals surface area contributed by atoms with E-state index in [9.17, 15) is 24.9 Å². The molecule has 8 heteroatoms. The van der Waals surface area contributed by atoms with Crippen LogP contribution < -0.4 is 4.74 Å². The van der Waals surface area contributed by atoms with Crippen molar-refractivity contribution in [3.63, 3.8) is 0 Å². The molecule has 8 nitrogen and oxygen atoms in total. The maximum absolute atomic E-state index is 12.0. The molecule has 0 spiro atoms. The standard InChI is InChI=1S/C23H24O8/c1-14(24)16-8-10-17(11-9-16)30-23-22(28)21(27)20(26)18(31-23)13-29-19(25)12-7-15-5-3-2-4-6-15/h2-12,18,20-23,26-28H,13H2,1H3/b12-7+/t18-,20-,21+,22-,23-/m1/s1. The minimum absolute atomic E-state index is 0.109. The minimum Gasteiger partial charge on any atom is -0.462 e. The fourth-order valence-electron chi connectivity index (χ4n) is 2.99. The number of benzene rings is 2. The van der Waals surface area contributed by atoms with Crippen LogP contribution in [0, 0.1) is 0 Å². The van der Waals surface area contributed by atoms with E-state index in [4.69, 9.17) is 14.2 Å². The summed E-state index contributed by atoms with van der Waals surface area (Å²) in [6.45, 7) is 1.08. The van der Waals surface area contributed by atoms with Crippen LogP contribution in [0.25, 0.3) is 6.08 Å². The van der Waals surface area contributed by atoms with E-state index in [0.717, 1.165) is 5.56 Å². The second-order valence-electron chi connectivity index (χ2n) is 7.09. The summed E-state index contributed by atoms with van der Waals surface area (Å²) >= 11 is 0. The molecular weight excluding hydrogens is 404 g/mol. The number of Topliss-reactive ketones (excluding diaryl/α,β-unsaturated/α-hetero) is 1. The number of ether oxygens (including phenoxy) is 3. The molecule has 1 fully saturated rings. The van der Waals surface area contributed by atoms with Crippen LogP contribution in [0.5, 0.6) is 5.75 Å². The molecule has 1 aliphatic rings. The van der Waals surface area contributed by atoms with E-state index in [0.29, 0.717) is 11.3 Å². The molecule has 0 unspecified atom stereocenters. The van der Waals surface area contributed by atoms with Crippen molar-refractivity contribution < 1.29 is 39.1 Å². The number of ketones is 1. The van der Waals surface area contributed by atoms with Gasteiger partial charge in [-0.15, -0.1) is 0 Å². The first-order valence-electron chi connectivity index (χ1n) is 9.72. The molecule has 164 valence electrons. The van der Waals surface area contributed by atoms with E-state index in [2.05, 4.69) is 0 Å². The van der Waals surface area contributed by atoms with Gasteiger partial charge in [0.1, 0.15) is 36.8 Å². The Morgan fingerprint density at radius 2 is 1.65 bits per heavy atom. The number of hydrogen-bond acceptors (Lipinski definition) is 8. The fraction of sp³-hybridized carbons (Fsp3) is 0.304. The first-order chi connectivity index (χ1) is 14.8. The van der Waals surface area contributed by atoms with Gasteiger partial charge in [0.25, 0.3) is 0 Å². The zero-order chi connectivity index (χ0) is 22.4. The molecule has 0 aromatic heterocycles. The molecule has 3 N–H and O–H groups in total. The highest BCUT2D eigenvalue weighted by molar-refractivity contribution is 5.94. The van der Waals surface area contributed by atoms with Crippen LogP contribution in [-0.2, 0) is 14.3 Å². The van der Waals surface area contributed by atoms with Crippen molar-refractivity contribution in [3.8, 4) is 5.75 Å². The third-order valence-corrected chi connectivity index (χ3v) is 4.78. The van der Waals surface area contributed by atoms with Crippen molar-refractivity contribution in [2.45, 2.75) is 37.6 Å². The molecule has 1 heterocycles. The highest BCUT2D eigenvalue weighted by Crippen LogP contribution is 2.25. The summed E-state index contributed by atoms with van der Waals surface area (Å²) in [5, 5.41) is 30.5. The van der Waals surface area contributed by atoms with Crippen molar-refractivity contribution in [1.29, 1.82) is 0 Å². The Labute approximate surface area is 179 Å². The Bertz CT molecular complexity index is 909. The van der Waals surface area contributed by atoms with Gasteiger partial charge in [0.15, 0.2) is 5.78 Å². The monoisotopic (exact) mass is 428 g/mol. The lowest BCUT2D eigenvalue weighted by Gasteiger charge is -2.39. The number of aliphatic hydroxyl groups is 3. The third kappa shape index (κ3) is 5.99. The highest BCUT2D eigenvalue weighted by Gasteiger charge is 2.45. The largest absolute Gasteiger partial charge is 0.462 e. The van der Waals surface area contributed by atoms with Crippen LogP contribution in [0.3, 0.4) is 0 Å². The lowest BCUT2D eigenvalue weighted by molar-refractivity contribution is -0.278. The quantitative estimate of drug-likeness (QED) is 0.343. The molecule has 2 aromatic carbocycles. The second kappa shape index (κ2) is 10.3. The van der Waals surface area contributed by atoms with Gasteiger partial charge in [0.2, 0.25) is 6.29 Å². The van der Waals surface area contributed by atoms with Crippen LogP contribution in [0.1, 0.15) is 22.8 Å². The van der Waals surface area contributed by atoms with Crippen molar-refractivity contribution >= 4 is 17.8 Å². The Morgan fingerprint density at radius 1 is 0.968 bits per heavy atom. The molecule has 1 saturated heterocycles. The SMILES string of the molecule is CC(=O)c1ccc(O[C@@H]2O[C@H](COC(=O)/C=C/c3ccccc3)[C@@H](O)[C@H](O)[C@H]2O)cc1. The molecule has 1 aliphatic heterocycles. The molecule has 0 bridgehead atoms. The van der Waals surface area contributed by atoms with Crippen molar-refractivity contribution in [2.75, 3.05) is 6.61 Å². The summed E-state index contributed by atoms with van der Waals surface area (Å²) in [6, 6.07) is 15.3. The second-order valence-corrected chi connectivity index (χ2v) is 7.09. The van der Waals surface area contributed by atoms with Crippen LogP contribution >= 0.6 is 0 Å². The van der Waals surface area contributed by atoms with Gasteiger partial charge in [-0.2, -0.15) is 0 Å². The summed E-state index contributed by atoms with van der Waals surface area (Å²) in [6.07, 6.45) is -4.21. The highest BCUT2D eigenvalue weighted by atomic mass is 16.7. The van der Waals surface area contributed by atoms with E-state index < -0.39 is 36.7 Å². The molecule has 3 rings (SSSR count). The molecule has 5 atom stereocenters. The van der Waals surface area contributed by atoms with Gasteiger partial charge in [-0.3, -0.25) is 4.79 Å². The predicted molar refractivity (Wildman–Crippen MR) is 110 cm³/mol. The molecule has 0 aliphatic carbocycles. The lowest BCUT2D eigenvalue weighted by Crippen LogP contribution is -2.60. The van der Waals surface area contributed by atoms with Gasteiger partial charge >= 0.3 is 5.97 Å². The number of hydrogen-bond donors (Lipinski definition) is 3. The summed E-state index contributed by atoms with van der Waals surface area (Å²) in [4.78, 5) is 23.3. The number of carbonyl (C=O) groups excluding carboxylic acids is 2. The lowest BCUT2D eigenvalue weighted by atomic mass is 9.99. The van der Waals surface area contributed by atoms with Crippen LogP contribution in [-0.4, -0.2) is 64.4 Å². The first-order valence-corrected chi connectivity index (χ1v) is 9.72. The van der Waals surface area contributed by atoms with Crippen LogP contribution in [0.4, 0.5) is 0 Å². The Kier molecular flexibility index (Phi) is 7.54. The summed E-state index contributed by atoms with van der Waals surface area (Å²) in [5.41, 5.74) is 1.30. The summed E-state index contributed by atoms with van der Waals surface area (Å²) < 4.78 is 16.2. The first kappa shape index (κ1) is 22.6. The number of esters is 1. The smallest absolute Gasteiger partial charge is 0.330 e. The van der Waals surface area contributed by atoms with E-state index in [1.54, 1.807) is 18.2 Å². The Balaban J connectivity index is 1.59. The number of rotatable bonds is 7. The van der Waals surface area contributed by atoms with Gasteiger partial charge < -0.3 is 29.5 Å². The van der Waals surface area contributed by atoms with Gasteiger partial charge in [-0.05, 0) is 42.8 Å². The van der Waals surface area contributed by atoms with Crippen LogP contribution in [0.2, 0.25) is 0 Å². The van der Waals surface area contributed by atoms with Gasteiger partial charge in [-0.1, -0.05) is 30.3 Å². The molecule has 0 saturated carbocycles. The zero-order valence-electron chi connectivity index (χ0n) is 16.8. The van der Waals surface area contributed by atoms with E-state index >= 15 is 0 Å². The summed E-state index contributed by atoms with van der Waals surface area (Å²) in [7, 11) is 0. The van der Waals surface area contributed by atoms with Gasteiger partial charge in [0.05, 0.1) is 0 Å². The Hall–Kier alpha value is -3.04. The minimum atomic E-state index is -1.57. The molecular formula is C23H24O8. The molecule has 2 aromatic rings. The van der Waals surface area contributed by atoms with Crippen molar-refractivity contribution in [3.05, 3.63) is 71.8 Å². The molecule has 0 amide bonds. The maximum atomic E-state index is 12.0. The number of carbonyl (C=O) groups is 2. The van der Waals surface area contributed by atoms with Gasteiger partial charge in [0, 0.05) is 11.6 Å². The van der Waals surface area contributed by atoms with E-state index in [1.807, 2.05) is 30.3 Å². The van der Waals surface area contributed by atoms with E-state index in [-0.39, 0.29) is 12.4 Å². The average molecular weight is 428 g/mol. The summed E-state index contributed by atoms with van der Waals surface area (Å²) in [5.74, 6) is -0.473. The van der Waals surface area contributed by atoms with Crippen LogP contribution in [0.15, 0.2) is 60.7 Å². The maximum Gasteiger partial charge on any atom is 0.330 e. The van der Waals surface area contributed by atoms with Crippen molar-refractivity contribution in [2.24, 2.45) is 0 Å². The molecule has 31 heavy (non-hydrogen) atoms. The fourth-order valence-corrected chi connectivity index (χ4v) is 2.99. The zero-order valence-corrected chi connectivity index (χ0v) is 16.8. The van der Waals surface area contributed by atoms with Gasteiger partial charge in [-0.25, -0.2) is 4.79 Å². The van der Waals surface area contributed by atoms with Crippen molar-refractivity contribution in [1.82, 2.24) is 0 Å². The predicted octanol–water partition coefficient (Wildman–Crippen LogP) is 1.33. The topological polar surface area (TPSA) is 123 Å². The normalized spacial score (nSPS) is 25.9.